The molecule has 0 aliphatic rings. The lowest BCUT2D eigenvalue weighted by molar-refractivity contribution is 0.0371. The van der Waals surface area contributed by atoms with E-state index in [1.807, 2.05) is 18.2 Å². The van der Waals surface area contributed by atoms with Crippen molar-refractivity contribution in [3.63, 3.8) is 0 Å². The molecule has 0 atom stereocenters. The number of rotatable bonds is 3. The molecule has 0 spiro atoms. The zero-order valence-corrected chi connectivity index (χ0v) is 14.0. The van der Waals surface area contributed by atoms with Crippen molar-refractivity contribution in [1.82, 2.24) is 4.90 Å². The first kappa shape index (κ1) is 15.3. The Balaban J connectivity index is 2.37. The lowest BCUT2D eigenvalue weighted by Crippen LogP contribution is -2.39. The van der Waals surface area contributed by atoms with Crippen molar-refractivity contribution < 1.29 is 9.90 Å². The van der Waals surface area contributed by atoms with Gasteiger partial charge in [-0.2, -0.15) is 0 Å². The van der Waals surface area contributed by atoms with E-state index in [1.54, 1.807) is 20.9 Å². The van der Waals surface area contributed by atoms with E-state index in [-0.39, 0.29) is 12.5 Å². The molecule has 0 saturated carbocycles. The predicted octanol–water partition coefficient (Wildman–Crippen LogP) is 3.09. The number of hydrogen-bond donors (Lipinski definition) is 2. The molecule has 1 amide bonds. The SMILES string of the molecule is CN(CC(C)(C)O)C(=O)c1sc2cc(Br)ccc2c1N. The number of benzene rings is 1. The first-order valence-corrected chi connectivity index (χ1v) is 7.75. The van der Waals surface area contributed by atoms with Gasteiger partial charge in [-0.3, -0.25) is 4.79 Å². The van der Waals surface area contributed by atoms with Gasteiger partial charge < -0.3 is 15.7 Å². The average molecular weight is 357 g/mol. The molecule has 2 aromatic rings. The second-order valence-electron chi connectivity index (χ2n) is 5.46. The molecular formula is C14H17BrN2O2S. The molecule has 0 bridgehead atoms. The molecule has 1 heterocycles. The van der Waals surface area contributed by atoms with E-state index in [0.717, 1.165) is 14.6 Å². The third kappa shape index (κ3) is 3.13. The first-order valence-electron chi connectivity index (χ1n) is 6.14. The van der Waals surface area contributed by atoms with Gasteiger partial charge in [0.15, 0.2) is 0 Å². The second kappa shape index (κ2) is 5.35. The zero-order valence-electron chi connectivity index (χ0n) is 11.6. The smallest absolute Gasteiger partial charge is 0.265 e. The third-order valence-corrected chi connectivity index (χ3v) is 4.51. The van der Waals surface area contributed by atoms with Crippen LogP contribution < -0.4 is 5.73 Å². The number of halogens is 1. The lowest BCUT2D eigenvalue weighted by Gasteiger charge is -2.25. The highest BCUT2D eigenvalue weighted by atomic mass is 79.9. The molecule has 1 aromatic carbocycles. The normalized spacial score (nSPS) is 11.8. The number of nitrogens with two attached hydrogens (primary N) is 1. The number of carbonyl (C=O) groups is 1. The molecule has 108 valence electrons. The fraction of sp³-hybridized carbons (Fsp3) is 0.357. The van der Waals surface area contributed by atoms with Gasteiger partial charge in [0, 0.05) is 28.2 Å². The summed E-state index contributed by atoms with van der Waals surface area (Å²) in [6.07, 6.45) is 0. The van der Waals surface area contributed by atoms with Gasteiger partial charge in [0.1, 0.15) is 4.88 Å². The van der Waals surface area contributed by atoms with E-state index in [2.05, 4.69) is 15.9 Å². The van der Waals surface area contributed by atoms with Crippen LogP contribution in [0.25, 0.3) is 10.1 Å². The van der Waals surface area contributed by atoms with Crippen LogP contribution in [0.15, 0.2) is 22.7 Å². The number of thiophene rings is 1. The van der Waals surface area contributed by atoms with Gasteiger partial charge in [0.2, 0.25) is 0 Å². The summed E-state index contributed by atoms with van der Waals surface area (Å²) in [5, 5.41) is 10.7. The maximum Gasteiger partial charge on any atom is 0.265 e. The molecule has 0 saturated heterocycles. The fourth-order valence-corrected chi connectivity index (χ4v) is 3.74. The monoisotopic (exact) mass is 356 g/mol. The van der Waals surface area contributed by atoms with Crippen LogP contribution in [0.3, 0.4) is 0 Å². The number of amides is 1. The molecular weight excluding hydrogens is 340 g/mol. The Morgan fingerprint density at radius 2 is 2.15 bits per heavy atom. The highest BCUT2D eigenvalue weighted by molar-refractivity contribution is 9.10. The minimum Gasteiger partial charge on any atom is -0.397 e. The maximum atomic E-state index is 12.4. The molecule has 0 unspecified atom stereocenters. The topological polar surface area (TPSA) is 66.6 Å². The third-order valence-electron chi connectivity index (χ3n) is 2.86. The lowest BCUT2D eigenvalue weighted by atomic mass is 10.1. The van der Waals surface area contributed by atoms with Crippen LogP contribution in [-0.2, 0) is 0 Å². The number of aliphatic hydroxyl groups is 1. The predicted molar refractivity (Wildman–Crippen MR) is 87.2 cm³/mol. The number of nitrogen functional groups attached to an aromatic ring is 1. The van der Waals surface area contributed by atoms with Crippen molar-refractivity contribution in [2.75, 3.05) is 19.3 Å². The Kier molecular flexibility index (Phi) is 4.09. The second-order valence-corrected chi connectivity index (χ2v) is 7.43. The number of likely N-dealkylation sites (N-methyl/N-ethyl adjacent to an activating group) is 1. The molecule has 0 aliphatic heterocycles. The first-order chi connectivity index (χ1) is 9.19. The zero-order chi connectivity index (χ0) is 15.1. The van der Waals surface area contributed by atoms with Crippen LogP contribution in [0.1, 0.15) is 23.5 Å². The minimum atomic E-state index is -0.932. The van der Waals surface area contributed by atoms with Crippen molar-refractivity contribution in [1.29, 1.82) is 0 Å². The number of carbonyl (C=O) groups excluding carboxylic acids is 1. The highest BCUT2D eigenvalue weighted by Crippen LogP contribution is 2.35. The van der Waals surface area contributed by atoms with Gasteiger partial charge in [-0.15, -0.1) is 11.3 Å². The number of fused-ring (bicyclic) bond motifs is 1. The minimum absolute atomic E-state index is 0.165. The van der Waals surface area contributed by atoms with Crippen molar-refractivity contribution >= 4 is 48.9 Å². The molecule has 3 N–H and O–H groups in total. The van der Waals surface area contributed by atoms with Crippen LogP contribution in [0.4, 0.5) is 5.69 Å². The molecule has 2 rings (SSSR count). The summed E-state index contributed by atoms with van der Waals surface area (Å²) in [7, 11) is 1.67. The number of anilines is 1. The van der Waals surface area contributed by atoms with E-state index in [1.165, 1.54) is 16.2 Å². The van der Waals surface area contributed by atoms with Crippen LogP contribution in [0.5, 0.6) is 0 Å². The summed E-state index contributed by atoms with van der Waals surface area (Å²) < 4.78 is 1.92. The molecule has 1 aromatic heterocycles. The molecule has 0 aliphatic carbocycles. The standard InChI is InChI=1S/C14H17BrN2O2S/c1-14(2,19)7-17(3)13(18)12-11(16)9-5-4-8(15)6-10(9)20-12/h4-6,19H,7,16H2,1-3H3. The van der Waals surface area contributed by atoms with Gasteiger partial charge in [-0.25, -0.2) is 0 Å². The van der Waals surface area contributed by atoms with Crippen LogP contribution in [0.2, 0.25) is 0 Å². The van der Waals surface area contributed by atoms with Gasteiger partial charge in [0.25, 0.3) is 5.91 Å². The molecule has 6 heteroatoms. The van der Waals surface area contributed by atoms with Crippen molar-refractivity contribution in [2.24, 2.45) is 0 Å². The maximum absolute atomic E-state index is 12.4. The van der Waals surface area contributed by atoms with Crippen molar-refractivity contribution in [2.45, 2.75) is 19.4 Å². The largest absolute Gasteiger partial charge is 0.397 e. The van der Waals surface area contributed by atoms with Crippen LogP contribution >= 0.6 is 27.3 Å². The quantitative estimate of drug-likeness (QED) is 0.887. The van der Waals surface area contributed by atoms with E-state index < -0.39 is 5.60 Å². The molecule has 0 fully saturated rings. The van der Waals surface area contributed by atoms with Gasteiger partial charge in [0.05, 0.1) is 11.3 Å². The Bertz CT molecular complexity index is 661. The molecule has 0 radical (unpaired) electrons. The van der Waals surface area contributed by atoms with E-state index in [0.29, 0.717) is 10.6 Å². The van der Waals surface area contributed by atoms with Crippen molar-refractivity contribution in [3.8, 4) is 0 Å². The molecule has 20 heavy (non-hydrogen) atoms. The van der Waals surface area contributed by atoms with E-state index in [4.69, 9.17) is 5.73 Å². The summed E-state index contributed by atoms with van der Waals surface area (Å²) in [4.78, 5) is 14.4. The van der Waals surface area contributed by atoms with Gasteiger partial charge in [-0.1, -0.05) is 22.0 Å². The Labute approximate surface area is 130 Å². The number of nitrogens with zero attached hydrogens (tertiary/aromatic N) is 1. The van der Waals surface area contributed by atoms with E-state index in [9.17, 15) is 9.90 Å². The average Bonchev–Trinajstić information content (AvgIpc) is 2.63. The Hall–Kier alpha value is -1.11. The van der Waals surface area contributed by atoms with Gasteiger partial charge in [-0.05, 0) is 26.0 Å². The summed E-state index contributed by atoms with van der Waals surface area (Å²) >= 11 is 4.78. The van der Waals surface area contributed by atoms with Crippen LogP contribution in [0, 0.1) is 0 Å². The molecule has 4 nitrogen and oxygen atoms in total. The Morgan fingerprint density at radius 3 is 2.75 bits per heavy atom. The summed E-state index contributed by atoms with van der Waals surface area (Å²) in [5.41, 5.74) is 5.65. The summed E-state index contributed by atoms with van der Waals surface area (Å²) in [6.45, 7) is 3.59. The Morgan fingerprint density at radius 1 is 1.50 bits per heavy atom. The highest BCUT2D eigenvalue weighted by Gasteiger charge is 2.24. The van der Waals surface area contributed by atoms with Gasteiger partial charge >= 0.3 is 0 Å². The summed E-state index contributed by atoms with van der Waals surface area (Å²) in [5.74, 6) is -0.165. The number of hydrogen-bond acceptors (Lipinski definition) is 4. The summed E-state index contributed by atoms with van der Waals surface area (Å²) in [6, 6.07) is 5.75. The van der Waals surface area contributed by atoms with Crippen molar-refractivity contribution in [3.05, 3.63) is 27.5 Å². The van der Waals surface area contributed by atoms with E-state index >= 15 is 0 Å². The van der Waals surface area contributed by atoms with Crippen LogP contribution in [-0.4, -0.2) is 35.1 Å². The fourth-order valence-electron chi connectivity index (χ4n) is 2.07.